The Morgan fingerprint density at radius 3 is 2.64 bits per heavy atom. The molecular weight excluding hydrogens is 362 g/mol. The fraction of sp³-hybridized carbons (Fsp3) is 0.412. The number of carbonyl (C=O) groups is 1. The van der Waals surface area contributed by atoms with Crippen molar-refractivity contribution in [1.82, 2.24) is 9.78 Å². The number of hydrogen-bond acceptors (Lipinski definition) is 4. The molecule has 1 saturated heterocycles. The van der Waals surface area contributed by atoms with Crippen LogP contribution < -0.4 is 5.32 Å². The van der Waals surface area contributed by atoms with Crippen molar-refractivity contribution in [2.75, 3.05) is 16.8 Å². The number of aryl methyl sites for hydroxylation is 1. The third-order valence-corrected chi connectivity index (χ3v) is 6.96. The molecule has 2 atom stereocenters. The Morgan fingerprint density at radius 1 is 1.28 bits per heavy atom. The van der Waals surface area contributed by atoms with Crippen molar-refractivity contribution in [1.29, 1.82) is 0 Å². The molecule has 0 unspecified atom stereocenters. The first kappa shape index (κ1) is 16.6. The Bertz CT molecular complexity index is 950. The average molecular weight is 380 g/mol. The number of halogens is 1. The molecule has 1 aromatic heterocycles. The van der Waals surface area contributed by atoms with Crippen molar-refractivity contribution in [3.05, 3.63) is 46.1 Å². The second kappa shape index (κ2) is 5.85. The Kier molecular flexibility index (Phi) is 3.88. The van der Waals surface area contributed by atoms with Gasteiger partial charge in [-0.2, -0.15) is 5.10 Å². The van der Waals surface area contributed by atoms with E-state index in [9.17, 15) is 13.2 Å². The van der Waals surface area contributed by atoms with Gasteiger partial charge in [0.2, 0.25) is 5.91 Å². The SMILES string of the molecule is Cc1nn([C@@H]2CCS(=O)(=O)C2)c2c1[C@H](c1ccc(Cl)cc1)CC(=O)N2. The van der Waals surface area contributed by atoms with Gasteiger partial charge in [-0.25, -0.2) is 13.1 Å². The van der Waals surface area contributed by atoms with Gasteiger partial charge in [-0.15, -0.1) is 0 Å². The molecular formula is C17H18ClN3O3S. The zero-order valence-corrected chi connectivity index (χ0v) is 15.3. The molecule has 8 heteroatoms. The van der Waals surface area contributed by atoms with E-state index in [1.54, 1.807) is 4.68 Å². The largest absolute Gasteiger partial charge is 0.311 e. The number of carbonyl (C=O) groups excluding carboxylic acids is 1. The minimum atomic E-state index is -3.03. The van der Waals surface area contributed by atoms with Crippen LogP contribution in [0.3, 0.4) is 0 Å². The average Bonchev–Trinajstić information content (AvgIpc) is 3.07. The maximum Gasteiger partial charge on any atom is 0.226 e. The molecule has 0 saturated carbocycles. The molecule has 1 fully saturated rings. The minimum Gasteiger partial charge on any atom is -0.311 e. The van der Waals surface area contributed by atoms with E-state index in [-0.39, 0.29) is 29.4 Å². The number of hydrogen-bond donors (Lipinski definition) is 1. The van der Waals surface area contributed by atoms with Gasteiger partial charge in [0.15, 0.2) is 9.84 Å². The summed E-state index contributed by atoms with van der Waals surface area (Å²) >= 11 is 5.98. The maximum absolute atomic E-state index is 12.3. The molecule has 3 heterocycles. The zero-order chi connectivity index (χ0) is 17.8. The Morgan fingerprint density at radius 2 is 2.00 bits per heavy atom. The van der Waals surface area contributed by atoms with E-state index in [2.05, 4.69) is 10.4 Å². The van der Waals surface area contributed by atoms with E-state index in [0.29, 0.717) is 23.7 Å². The fourth-order valence-electron chi connectivity index (χ4n) is 3.78. The highest BCUT2D eigenvalue weighted by Gasteiger charge is 2.37. The molecule has 132 valence electrons. The highest BCUT2D eigenvalue weighted by Crippen LogP contribution is 2.41. The summed E-state index contributed by atoms with van der Waals surface area (Å²) in [7, 11) is -3.03. The van der Waals surface area contributed by atoms with Crippen LogP contribution in [0.5, 0.6) is 0 Å². The molecule has 2 aromatic rings. The number of rotatable bonds is 2. The Balaban J connectivity index is 1.79. The summed E-state index contributed by atoms with van der Waals surface area (Å²) in [4.78, 5) is 12.3. The van der Waals surface area contributed by atoms with E-state index in [4.69, 9.17) is 11.6 Å². The van der Waals surface area contributed by atoms with E-state index < -0.39 is 9.84 Å². The van der Waals surface area contributed by atoms with Crippen molar-refractivity contribution in [3.63, 3.8) is 0 Å². The summed E-state index contributed by atoms with van der Waals surface area (Å²) in [6.07, 6.45) is 0.863. The number of benzene rings is 1. The minimum absolute atomic E-state index is 0.0715. The topological polar surface area (TPSA) is 81.1 Å². The maximum atomic E-state index is 12.3. The molecule has 2 aliphatic heterocycles. The van der Waals surface area contributed by atoms with Crippen LogP contribution in [-0.4, -0.2) is 35.6 Å². The van der Waals surface area contributed by atoms with Gasteiger partial charge in [-0.05, 0) is 31.0 Å². The smallest absolute Gasteiger partial charge is 0.226 e. The summed E-state index contributed by atoms with van der Waals surface area (Å²) in [5.41, 5.74) is 2.78. The lowest BCUT2D eigenvalue weighted by molar-refractivity contribution is -0.116. The van der Waals surface area contributed by atoms with Crippen LogP contribution in [0.4, 0.5) is 5.82 Å². The monoisotopic (exact) mass is 379 g/mol. The summed E-state index contributed by atoms with van der Waals surface area (Å²) in [5, 5.41) is 8.13. The van der Waals surface area contributed by atoms with Crippen LogP contribution in [0.2, 0.25) is 5.02 Å². The van der Waals surface area contributed by atoms with Crippen LogP contribution in [0.1, 0.15) is 41.6 Å². The number of anilines is 1. The van der Waals surface area contributed by atoms with Gasteiger partial charge in [-0.1, -0.05) is 23.7 Å². The van der Waals surface area contributed by atoms with Crippen LogP contribution in [0, 0.1) is 6.92 Å². The van der Waals surface area contributed by atoms with Gasteiger partial charge in [0.05, 0.1) is 23.2 Å². The zero-order valence-electron chi connectivity index (χ0n) is 13.7. The van der Waals surface area contributed by atoms with Gasteiger partial charge >= 0.3 is 0 Å². The van der Waals surface area contributed by atoms with Crippen molar-refractivity contribution >= 4 is 33.2 Å². The first-order valence-electron chi connectivity index (χ1n) is 8.19. The second-order valence-corrected chi connectivity index (χ2v) is 9.37. The predicted molar refractivity (Wildman–Crippen MR) is 95.8 cm³/mol. The van der Waals surface area contributed by atoms with Crippen molar-refractivity contribution < 1.29 is 13.2 Å². The highest BCUT2D eigenvalue weighted by atomic mass is 35.5. The molecule has 6 nitrogen and oxygen atoms in total. The predicted octanol–water partition coefficient (Wildman–Crippen LogP) is 2.68. The molecule has 0 bridgehead atoms. The van der Waals surface area contributed by atoms with Crippen LogP contribution in [0.15, 0.2) is 24.3 Å². The number of nitrogens with one attached hydrogen (secondary N) is 1. The molecule has 2 aliphatic rings. The molecule has 4 rings (SSSR count). The van der Waals surface area contributed by atoms with Crippen LogP contribution in [0.25, 0.3) is 0 Å². The number of aromatic nitrogens is 2. The number of nitrogens with zero attached hydrogens (tertiary/aromatic N) is 2. The number of fused-ring (bicyclic) bond motifs is 1. The van der Waals surface area contributed by atoms with Crippen molar-refractivity contribution in [3.8, 4) is 0 Å². The van der Waals surface area contributed by atoms with E-state index in [1.165, 1.54) is 0 Å². The van der Waals surface area contributed by atoms with Crippen LogP contribution in [-0.2, 0) is 14.6 Å². The lowest BCUT2D eigenvalue weighted by Crippen LogP contribution is -2.26. The van der Waals surface area contributed by atoms with Crippen molar-refractivity contribution in [2.24, 2.45) is 0 Å². The lowest BCUT2D eigenvalue weighted by Gasteiger charge is -2.25. The standard InChI is InChI=1S/C17H18ClN3O3S/c1-10-16-14(11-2-4-12(18)5-3-11)8-15(22)19-17(16)21(20-10)13-6-7-25(23,24)9-13/h2-5,13-14H,6-9H2,1H3,(H,19,22)/t13-,14+/m1/s1. The quantitative estimate of drug-likeness (QED) is 0.869. The van der Waals surface area contributed by atoms with Crippen molar-refractivity contribution in [2.45, 2.75) is 31.7 Å². The molecule has 0 spiro atoms. The Labute approximate surface area is 151 Å². The van der Waals surface area contributed by atoms with E-state index in [0.717, 1.165) is 16.8 Å². The molecule has 0 aliphatic carbocycles. The number of sulfone groups is 1. The van der Waals surface area contributed by atoms with Gasteiger partial charge in [0, 0.05) is 22.9 Å². The van der Waals surface area contributed by atoms with Gasteiger partial charge < -0.3 is 5.32 Å². The summed E-state index contributed by atoms with van der Waals surface area (Å²) in [6.45, 7) is 1.90. The fourth-order valence-corrected chi connectivity index (χ4v) is 5.60. The Hall–Kier alpha value is -1.86. The summed E-state index contributed by atoms with van der Waals surface area (Å²) < 4.78 is 25.4. The molecule has 25 heavy (non-hydrogen) atoms. The molecule has 1 amide bonds. The molecule has 0 radical (unpaired) electrons. The third kappa shape index (κ3) is 2.95. The van der Waals surface area contributed by atoms with E-state index >= 15 is 0 Å². The summed E-state index contributed by atoms with van der Waals surface area (Å²) in [6, 6.07) is 7.24. The highest BCUT2D eigenvalue weighted by molar-refractivity contribution is 7.91. The normalized spacial score (nSPS) is 24.8. The van der Waals surface area contributed by atoms with Gasteiger partial charge in [0.1, 0.15) is 5.82 Å². The lowest BCUT2D eigenvalue weighted by atomic mass is 9.86. The molecule has 1 N–H and O–H groups in total. The van der Waals surface area contributed by atoms with E-state index in [1.807, 2.05) is 31.2 Å². The van der Waals surface area contributed by atoms with Gasteiger partial charge in [0.25, 0.3) is 0 Å². The first-order chi connectivity index (χ1) is 11.8. The third-order valence-electron chi connectivity index (χ3n) is 4.95. The first-order valence-corrected chi connectivity index (χ1v) is 10.4. The molecule has 1 aromatic carbocycles. The summed E-state index contributed by atoms with van der Waals surface area (Å²) in [5.74, 6) is 0.681. The number of amides is 1. The second-order valence-electron chi connectivity index (χ2n) is 6.71. The van der Waals surface area contributed by atoms with Gasteiger partial charge in [-0.3, -0.25) is 4.79 Å². The van der Waals surface area contributed by atoms with Crippen LogP contribution >= 0.6 is 11.6 Å².